The van der Waals surface area contributed by atoms with Crippen molar-refractivity contribution in [1.29, 1.82) is 0 Å². The highest BCUT2D eigenvalue weighted by Crippen LogP contribution is 2.04. The van der Waals surface area contributed by atoms with Gasteiger partial charge in [0.05, 0.1) is 7.11 Å². The second-order valence-electron chi connectivity index (χ2n) is 1.90. The highest BCUT2D eigenvalue weighted by Gasteiger charge is 1.89. The van der Waals surface area contributed by atoms with Crippen LogP contribution in [0.1, 0.15) is 0 Å². The van der Waals surface area contributed by atoms with Crippen molar-refractivity contribution in [2.75, 3.05) is 19.5 Å². The molecule has 0 saturated heterocycles. The standard InChI is InChI=1S/C3H5N3S.C3H4O4S/c1-4-3-6-5-2-7-3;1-7-3(4)2-8(5)6/h2H,1H3,(H,4,6);2H,1H3. The molecule has 0 aliphatic heterocycles. The molecule has 0 saturated carbocycles. The maximum absolute atomic E-state index is 9.95. The van der Waals surface area contributed by atoms with Crippen molar-refractivity contribution in [2.24, 2.45) is 0 Å². The largest absolute Gasteiger partial charge is 0.465 e. The summed E-state index contributed by atoms with van der Waals surface area (Å²) in [5, 5.41) is 11.4. The van der Waals surface area contributed by atoms with Crippen molar-refractivity contribution in [2.45, 2.75) is 0 Å². The Morgan fingerprint density at radius 2 is 2.33 bits per heavy atom. The summed E-state index contributed by atoms with van der Waals surface area (Å²) in [6, 6.07) is 0. The van der Waals surface area contributed by atoms with Gasteiger partial charge in [-0.15, -0.1) is 10.2 Å². The van der Waals surface area contributed by atoms with E-state index in [9.17, 15) is 13.2 Å². The summed E-state index contributed by atoms with van der Waals surface area (Å²) in [5.41, 5.74) is 1.69. The van der Waals surface area contributed by atoms with Crippen LogP contribution < -0.4 is 5.32 Å². The molecule has 0 bridgehead atoms. The van der Waals surface area contributed by atoms with Crippen LogP contribution in [-0.4, -0.2) is 44.1 Å². The van der Waals surface area contributed by atoms with Gasteiger partial charge in [-0.3, -0.25) is 0 Å². The van der Waals surface area contributed by atoms with Gasteiger partial charge in [0.25, 0.3) is 0 Å². The van der Waals surface area contributed by atoms with Gasteiger partial charge in [-0.05, 0) is 0 Å². The molecule has 1 rings (SSSR count). The van der Waals surface area contributed by atoms with Crippen LogP contribution in [0, 0.1) is 0 Å². The van der Waals surface area contributed by atoms with Gasteiger partial charge >= 0.3 is 5.97 Å². The number of rotatable bonds is 2. The second-order valence-corrected chi connectivity index (χ2v) is 3.49. The van der Waals surface area contributed by atoms with Crippen molar-refractivity contribution in [3.05, 3.63) is 5.51 Å². The zero-order chi connectivity index (χ0) is 11.7. The number of hydrogen-bond donors (Lipinski definition) is 1. The van der Waals surface area contributed by atoms with Gasteiger partial charge in [0, 0.05) is 7.05 Å². The van der Waals surface area contributed by atoms with E-state index in [1.165, 1.54) is 11.3 Å². The fourth-order valence-electron chi connectivity index (χ4n) is 0.409. The highest BCUT2D eigenvalue weighted by molar-refractivity contribution is 7.73. The Bertz CT molecular complexity index is 404. The monoisotopic (exact) mass is 251 g/mol. The van der Waals surface area contributed by atoms with E-state index in [0.717, 1.165) is 12.2 Å². The maximum atomic E-state index is 9.95. The third-order valence-electron chi connectivity index (χ3n) is 0.968. The van der Waals surface area contributed by atoms with Crippen LogP contribution >= 0.6 is 11.3 Å². The van der Waals surface area contributed by atoms with Crippen molar-refractivity contribution >= 4 is 38.1 Å². The first-order chi connectivity index (χ1) is 7.10. The zero-order valence-corrected chi connectivity index (χ0v) is 9.63. The van der Waals surface area contributed by atoms with E-state index in [4.69, 9.17) is 0 Å². The number of ether oxygens (including phenoxy) is 1. The van der Waals surface area contributed by atoms with E-state index in [-0.39, 0.29) is 0 Å². The fourth-order valence-corrected chi connectivity index (χ4v) is 1.07. The fraction of sp³-hybridized carbons (Fsp3) is 0.333. The molecule has 0 aliphatic rings. The zero-order valence-electron chi connectivity index (χ0n) is 8.00. The average Bonchev–Trinajstić information content (AvgIpc) is 2.70. The third kappa shape index (κ3) is 7.58. The number of nitrogens with zero attached hydrogens (tertiary/aromatic N) is 2. The van der Waals surface area contributed by atoms with Gasteiger partial charge in [0.15, 0.2) is 0 Å². The summed E-state index contributed by atoms with van der Waals surface area (Å²) in [6.07, 6.45) is 0. The van der Waals surface area contributed by atoms with Crippen molar-refractivity contribution < 1.29 is 17.9 Å². The molecule has 84 valence electrons. The summed E-state index contributed by atoms with van der Waals surface area (Å²) in [4.78, 5) is 9.95. The van der Waals surface area contributed by atoms with E-state index in [0.29, 0.717) is 5.37 Å². The molecule has 1 N–H and O–H groups in total. The van der Waals surface area contributed by atoms with Crippen LogP contribution in [0.3, 0.4) is 0 Å². The van der Waals surface area contributed by atoms with Gasteiger partial charge in [-0.2, -0.15) is 8.42 Å². The minimum absolute atomic E-state index is 0.444. The Balaban J connectivity index is 0.000000262. The van der Waals surface area contributed by atoms with Gasteiger partial charge in [0.1, 0.15) is 10.9 Å². The Hall–Kier alpha value is -1.48. The molecule has 0 spiro atoms. The van der Waals surface area contributed by atoms with Crippen LogP contribution in [0.4, 0.5) is 5.13 Å². The maximum Gasteiger partial charge on any atom is 0.346 e. The smallest absolute Gasteiger partial charge is 0.346 e. The Morgan fingerprint density at radius 1 is 1.67 bits per heavy atom. The van der Waals surface area contributed by atoms with E-state index in [1.54, 1.807) is 5.51 Å². The lowest BCUT2D eigenvalue weighted by Gasteiger charge is -1.82. The molecule has 0 atom stereocenters. The number of carbonyl (C=O) groups excluding carboxylic acids is 1. The highest BCUT2D eigenvalue weighted by atomic mass is 32.2. The molecule has 0 radical (unpaired) electrons. The van der Waals surface area contributed by atoms with E-state index in [2.05, 4.69) is 20.3 Å². The normalized spacial score (nSPS) is 8.13. The van der Waals surface area contributed by atoms with Crippen molar-refractivity contribution in [3.63, 3.8) is 0 Å². The minimum Gasteiger partial charge on any atom is -0.465 e. The Morgan fingerprint density at radius 3 is 2.53 bits per heavy atom. The summed E-state index contributed by atoms with van der Waals surface area (Å²) in [6.45, 7) is 0. The summed E-state index contributed by atoms with van der Waals surface area (Å²) < 4.78 is 23.2. The lowest BCUT2D eigenvalue weighted by atomic mass is 10.8. The molecular formula is C6H9N3O4S2. The second kappa shape index (κ2) is 7.88. The average molecular weight is 251 g/mol. The molecule has 0 fully saturated rings. The SMILES string of the molecule is CNc1nncs1.COC(=O)C=S(=O)=O. The summed E-state index contributed by atoms with van der Waals surface area (Å²) >= 11 is 1.49. The van der Waals surface area contributed by atoms with Gasteiger partial charge in [-0.25, -0.2) is 4.79 Å². The van der Waals surface area contributed by atoms with Gasteiger partial charge in [-0.1, -0.05) is 11.3 Å². The van der Waals surface area contributed by atoms with Crippen LogP contribution in [-0.2, 0) is 19.8 Å². The molecule has 0 unspecified atom stereocenters. The molecule has 0 aromatic carbocycles. The molecule has 1 heterocycles. The summed E-state index contributed by atoms with van der Waals surface area (Å²) in [5.74, 6) is -0.863. The topological polar surface area (TPSA) is 98.2 Å². The number of nitrogens with one attached hydrogen (secondary N) is 1. The number of methoxy groups -OCH3 is 1. The predicted molar refractivity (Wildman–Crippen MR) is 56.5 cm³/mol. The van der Waals surface area contributed by atoms with Gasteiger partial charge in [0.2, 0.25) is 15.4 Å². The van der Waals surface area contributed by atoms with E-state index >= 15 is 0 Å². The molecule has 1 aromatic rings. The van der Waals surface area contributed by atoms with E-state index < -0.39 is 16.3 Å². The number of esters is 1. The number of anilines is 1. The minimum atomic E-state index is -2.45. The van der Waals surface area contributed by atoms with E-state index in [1.807, 2.05) is 7.05 Å². The molecule has 7 nitrogen and oxygen atoms in total. The van der Waals surface area contributed by atoms with Crippen LogP contribution in [0.25, 0.3) is 0 Å². The lowest BCUT2D eigenvalue weighted by molar-refractivity contribution is -0.131. The molecule has 0 aliphatic carbocycles. The Kier molecular flexibility index (Phi) is 7.10. The first-order valence-electron chi connectivity index (χ1n) is 3.55. The first-order valence-corrected chi connectivity index (χ1v) is 5.56. The van der Waals surface area contributed by atoms with Gasteiger partial charge < -0.3 is 10.1 Å². The number of carbonyl (C=O) groups is 1. The third-order valence-corrected chi connectivity index (χ3v) is 2.06. The van der Waals surface area contributed by atoms with Crippen molar-refractivity contribution in [1.82, 2.24) is 10.2 Å². The van der Waals surface area contributed by atoms with Crippen LogP contribution in [0.15, 0.2) is 5.51 Å². The number of hydrogen-bond acceptors (Lipinski definition) is 8. The molecule has 1 aromatic heterocycles. The molecule has 15 heavy (non-hydrogen) atoms. The Labute approximate surface area is 91.6 Å². The molecule has 0 amide bonds. The lowest BCUT2D eigenvalue weighted by Crippen LogP contribution is -2.00. The predicted octanol–water partition coefficient (Wildman–Crippen LogP) is -0.579. The molecule has 9 heteroatoms. The van der Waals surface area contributed by atoms with Crippen molar-refractivity contribution in [3.8, 4) is 0 Å². The quantitative estimate of drug-likeness (QED) is 0.554. The van der Waals surface area contributed by atoms with Crippen LogP contribution in [0.2, 0.25) is 0 Å². The first kappa shape index (κ1) is 13.5. The number of aromatic nitrogens is 2. The van der Waals surface area contributed by atoms with Crippen LogP contribution in [0.5, 0.6) is 0 Å². The molecular weight excluding hydrogens is 242 g/mol. The summed E-state index contributed by atoms with van der Waals surface area (Å²) in [7, 11) is 0.478.